The Labute approximate surface area is 134 Å². The Bertz CT molecular complexity index is 508. The predicted molar refractivity (Wildman–Crippen MR) is 88.5 cm³/mol. The minimum absolute atomic E-state index is 0.0404. The molecule has 0 aliphatic heterocycles. The van der Waals surface area contributed by atoms with Crippen LogP contribution in [-0.2, 0) is 9.53 Å². The van der Waals surface area contributed by atoms with Gasteiger partial charge in [-0.2, -0.15) is 0 Å². The van der Waals surface area contributed by atoms with Crippen LogP contribution >= 0.6 is 0 Å². The highest BCUT2D eigenvalue weighted by atomic mass is 16.5. The Hall–Kier alpha value is -1.31. The second kappa shape index (κ2) is 6.44. The molecule has 22 heavy (non-hydrogen) atoms. The number of ether oxygens (including phenoxy) is 1. The summed E-state index contributed by atoms with van der Waals surface area (Å²) in [5.74, 6) is 2.32. The van der Waals surface area contributed by atoms with Crippen molar-refractivity contribution in [1.82, 2.24) is 0 Å². The normalized spacial score (nSPS) is 34.5. The molecule has 3 rings (SSSR count). The molecule has 0 saturated heterocycles. The molecule has 2 aliphatic rings. The van der Waals surface area contributed by atoms with Crippen molar-refractivity contribution in [2.75, 3.05) is 0 Å². The lowest BCUT2D eigenvalue weighted by Gasteiger charge is -2.36. The molecule has 2 heteroatoms. The molecule has 2 aliphatic carbocycles. The summed E-state index contributed by atoms with van der Waals surface area (Å²) < 4.78 is 5.97. The lowest BCUT2D eigenvalue weighted by Crippen LogP contribution is -2.36. The molecule has 0 aromatic heterocycles. The average molecular weight is 300 g/mol. The summed E-state index contributed by atoms with van der Waals surface area (Å²) in [6.07, 6.45) is 4.60. The molecule has 0 N–H and O–H groups in total. The van der Waals surface area contributed by atoms with Crippen LogP contribution in [0.3, 0.4) is 0 Å². The van der Waals surface area contributed by atoms with Gasteiger partial charge in [0.25, 0.3) is 0 Å². The fourth-order valence-corrected chi connectivity index (χ4v) is 4.01. The monoisotopic (exact) mass is 300 g/mol. The first-order valence-electron chi connectivity index (χ1n) is 8.81. The summed E-state index contributed by atoms with van der Waals surface area (Å²) in [6.45, 7) is 6.79. The van der Waals surface area contributed by atoms with Gasteiger partial charge in [-0.25, -0.2) is 0 Å². The Morgan fingerprint density at radius 2 is 1.86 bits per heavy atom. The first-order valence-corrected chi connectivity index (χ1v) is 8.81. The number of hydrogen-bond acceptors (Lipinski definition) is 2. The zero-order valence-corrected chi connectivity index (χ0v) is 14.0. The molecule has 1 aromatic carbocycles. The molecule has 2 fully saturated rings. The third kappa shape index (κ3) is 3.37. The highest BCUT2D eigenvalue weighted by Crippen LogP contribution is 2.49. The van der Waals surface area contributed by atoms with E-state index in [1.54, 1.807) is 0 Å². The molecule has 2 saturated carbocycles. The summed E-state index contributed by atoms with van der Waals surface area (Å²) in [5.41, 5.74) is 1.28. The Kier molecular flexibility index (Phi) is 4.56. The van der Waals surface area contributed by atoms with Crippen molar-refractivity contribution in [3.05, 3.63) is 35.9 Å². The Morgan fingerprint density at radius 3 is 2.55 bits per heavy atom. The maximum Gasteiger partial charge on any atom is 0.309 e. The highest BCUT2D eigenvalue weighted by Gasteiger charge is 2.46. The van der Waals surface area contributed by atoms with Gasteiger partial charge in [-0.1, -0.05) is 57.5 Å². The van der Waals surface area contributed by atoms with E-state index in [1.165, 1.54) is 18.4 Å². The van der Waals surface area contributed by atoms with Gasteiger partial charge in [-0.3, -0.25) is 4.79 Å². The van der Waals surface area contributed by atoms with Crippen molar-refractivity contribution in [2.45, 2.75) is 58.5 Å². The first kappa shape index (κ1) is 15.6. The van der Waals surface area contributed by atoms with Gasteiger partial charge in [-0.15, -0.1) is 0 Å². The van der Waals surface area contributed by atoms with Gasteiger partial charge in [0.15, 0.2) is 0 Å². The molecule has 5 atom stereocenters. The lowest BCUT2D eigenvalue weighted by molar-refractivity contribution is -0.157. The van der Waals surface area contributed by atoms with Gasteiger partial charge in [0.2, 0.25) is 0 Å². The molecular weight excluding hydrogens is 272 g/mol. The van der Waals surface area contributed by atoms with E-state index in [-0.39, 0.29) is 18.0 Å². The number of benzene rings is 1. The fraction of sp³-hybridized carbons (Fsp3) is 0.650. The van der Waals surface area contributed by atoms with Crippen LogP contribution in [0.25, 0.3) is 0 Å². The van der Waals surface area contributed by atoms with Gasteiger partial charge in [0.05, 0.1) is 5.92 Å². The fourth-order valence-electron chi connectivity index (χ4n) is 4.01. The van der Waals surface area contributed by atoms with Gasteiger partial charge in [0, 0.05) is 0 Å². The van der Waals surface area contributed by atoms with E-state index in [4.69, 9.17) is 4.74 Å². The standard InChI is InChI=1S/C20H28O2/c1-13(2)16-10-9-14(3)11-19(16)22-20(21)18-12-17(18)15-7-5-4-6-8-15/h4-8,13-14,16-19H,9-12H2,1-3H3/t14-,16+,17+,18-,19-/m1/s1. The molecule has 0 bridgehead atoms. The van der Waals surface area contributed by atoms with Crippen LogP contribution in [0.4, 0.5) is 0 Å². The minimum Gasteiger partial charge on any atom is -0.462 e. The van der Waals surface area contributed by atoms with E-state index in [9.17, 15) is 4.79 Å². The molecule has 1 aromatic rings. The topological polar surface area (TPSA) is 26.3 Å². The third-order valence-corrected chi connectivity index (χ3v) is 5.55. The quantitative estimate of drug-likeness (QED) is 0.747. The second-order valence-electron chi connectivity index (χ2n) is 7.66. The Morgan fingerprint density at radius 1 is 1.14 bits per heavy atom. The van der Waals surface area contributed by atoms with Gasteiger partial charge in [0.1, 0.15) is 6.10 Å². The van der Waals surface area contributed by atoms with Gasteiger partial charge >= 0.3 is 5.97 Å². The van der Waals surface area contributed by atoms with Crippen LogP contribution < -0.4 is 0 Å². The molecule has 0 spiro atoms. The maximum absolute atomic E-state index is 12.5. The zero-order chi connectivity index (χ0) is 15.7. The Balaban J connectivity index is 1.59. The highest BCUT2D eigenvalue weighted by molar-refractivity contribution is 5.77. The molecule has 120 valence electrons. The average Bonchev–Trinajstić information content (AvgIpc) is 3.28. The van der Waals surface area contributed by atoms with Crippen molar-refractivity contribution >= 4 is 5.97 Å². The summed E-state index contributed by atoms with van der Waals surface area (Å²) in [5, 5.41) is 0. The number of rotatable bonds is 4. The van der Waals surface area contributed by atoms with Crippen molar-refractivity contribution in [2.24, 2.45) is 23.7 Å². The van der Waals surface area contributed by atoms with Crippen LogP contribution in [0, 0.1) is 23.7 Å². The smallest absolute Gasteiger partial charge is 0.309 e. The van der Waals surface area contributed by atoms with Crippen molar-refractivity contribution in [3.8, 4) is 0 Å². The number of carbonyl (C=O) groups is 1. The van der Waals surface area contributed by atoms with Gasteiger partial charge in [-0.05, 0) is 48.5 Å². The van der Waals surface area contributed by atoms with Gasteiger partial charge < -0.3 is 4.74 Å². The second-order valence-corrected chi connectivity index (χ2v) is 7.66. The number of carbonyl (C=O) groups excluding carboxylic acids is 1. The summed E-state index contributed by atoms with van der Waals surface area (Å²) in [4.78, 5) is 12.5. The van der Waals surface area contributed by atoms with E-state index in [1.807, 2.05) is 18.2 Å². The largest absolute Gasteiger partial charge is 0.462 e. The zero-order valence-electron chi connectivity index (χ0n) is 14.0. The van der Waals surface area contributed by atoms with E-state index in [0.717, 1.165) is 12.8 Å². The van der Waals surface area contributed by atoms with Crippen LogP contribution in [-0.4, -0.2) is 12.1 Å². The number of hydrogen-bond donors (Lipinski definition) is 0. The SMILES string of the molecule is CC(C)[C@@H]1CC[C@@H](C)C[C@H]1OC(=O)[C@@H]1C[C@H]1c1ccccc1. The molecular formula is C20H28O2. The van der Waals surface area contributed by atoms with Crippen LogP contribution in [0.5, 0.6) is 0 Å². The molecule has 0 unspecified atom stereocenters. The third-order valence-electron chi connectivity index (χ3n) is 5.55. The minimum atomic E-state index is 0.0404. The van der Waals surface area contributed by atoms with Crippen molar-refractivity contribution < 1.29 is 9.53 Å². The molecule has 2 nitrogen and oxygen atoms in total. The summed E-state index contributed by atoms with van der Waals surface area (Å²) in [6, 6.07) is 10.4. The molecule has 0 amide bonds. The first-order chi connectivity index (χ1) is 10.6. The van der Waals surface area contributed by atoms with E-state index in [2.05, 4.69) is 32.9 Å². The van der Waals surface area contributed by atoms with Crippen molar-refractivity contribution in [1.29, 1.82) is 0 Å². The maximum atomic E-state index is 12.5. The molecule has 0 radical (unpaired) electrons. The van der Waals surface area contributed by atoms with Crippen molar-refractivity contribution in [3.63, 3.8) is 0 Å². The number of esters is 1. The predicted octanol–water partition coefficient (Wildman–Crippen LogP) is 4.79. The van der Waals surface area contributed by atoms with E-state index in [0.29, 0.717) is 23.7 Å². The van der Waals surface area contributed by atoms with Crippen LogP contribution in [0.15, 0.2) is 30.3 Å². The summed E-state index contributed by atoms with van der Waals surface area (Å²) >= 11 is 0. The van der Waals surface area contributed by atoms with E-state index < -0.39 is 0 Å². The summed E-state index contributed by atoms with van der Waals surface area (Å²) in [7, 11) is 0. The van der Waals surface area contributed by atoms with Crippen LogP contribution in [0.2, 0.25) is 0 Å². The van der Waals surface area contributed by atoms with E-state index >= 15 is 0 Å². The van der Waals surface area contributed by atoms with Crippen LogP contribution in [0.1, 0.15) is 57.9 Å². The molecule has 0 heterocycles. The lowest BCUT2D eigenvalue weighted by atomic mass is 9.75.